The summed E-state index contributed by atoms with van der Waals surface area (Å²) >= 11 is 0. The van der Waals surface area contributed by atoms with E-state index in [1.165, 1.54) is 9.80 Å². The number of amides is 2. The van der Waals surface area contributed by atoms with Crippen LogP contribution in [0.25, 0.3) is 0 Å². The molecule has 0 aliphatic rings. The van der Waals surface area contributed by atoms with Gasteiger partial charge in [0.25, 0.3) is 0 Å². The molecule has 2 aromatic carbocycles. The summed E-state index contributed by atoms with van der Waals surface area (Å²) in [7, 11) is 13.1. The highest BCUT2D eigenvalue weighted by Crippen LogP contribution is 2.51. The minimum absolute atomic E-state index is 0.397. The topological polar surface area (TPSA) is 59.1 Å². The van der Waals surface area contributed by atoms with Crippen LogP contribution in [0.5, 0.6) is 11.5 Å². The van der Waals surface area contributed by atoms with Gasteiger partial charge in [0, 0.05) is 38.0 Å². The predicted octanol–water partition coefficient (Wildman–Crippen LogP) is 7.14. The van der Waals surface area contributed by atoms with Gasteiger partial charge in [-0.15, -0.1) is 0 Å². The zero-order valence-corrected chi connectivity index (χ0v) is 22.7. The number of ether oxygens (including phenoxy) is 2. The summed E-state index contributed by atoms with van der Waals surface area (Å²) in [5, 5.41) is 0. The van der Waals surface area contributed by atoms with E-state index in [1.54, 1.807) is 69.4 Å². The minimum atomic E-state index is -0.397. The van der Waals surface area contributed by atoms with Gasteiger partial charge in [-0.25, -0.2) is 9.59 Å². The van der Waals surface area contributed by atoms with Crippen LogP contribution >= 0.6 is 41.2 Å². The van der Waals surface area contributed by atoms with Crippen molar-refractivity contribution in [1.82, 2.24) is 9.80 Å². The molecule has 174 valence electrons. The zero-order chi connectivity index (χ0) is 24.0. The molecule has 0 aliphatic carbocycles. The third kappa shape index (κ3) is 7.47. The highest BCUT2D eigenvalue weighted by atomic mass is 33.7. The SMILES string of the molecule is Cc1cc(C)c(SSSSc2cc(OC(=O)N(C)C)c(C)cc2C)cc1OC(=O)N(C)C. The number of carbonyl (C=O) groups excluding carboxylic acids is 2. The monoisotopic (exact) mass is 512 g/mol. The molecule has 0 radical (unpaired) electrons. The van der Waals surface area contributed by atoms with Gasteiger partial charge in [0.2, 0.25) is 0 Å². The lowest BCUT2D eigenvalue weighted by atomic mass is 10.1. The molecule has 0 atom stereocenters. The maximum absolute atomic E-state index is 11.9. The van der Waals surface area contributed by atoms with Crippen molar-refractivity contribution < 1.29 is 19.1 Å². The van der Waals surface area contributed by atoms with Crippen LogP contribution in [0, 0.1) is 27.7 Å². The lowest BCUT2D eigenvalue weighted by Gasteiger charge is -2.15. The molecule has 0 aromatic heterocycles. The molecule has 2 rings (SSSR count). The van der Waals surface area contributed by atoms with E-state index in [0.717, 1.165) is 32.0 Å². The molecule has 0 fully saturated rings. The Hall–Kier alpha value is -1.62. The van der Waals surface area contributed by atoms with Crippen LogP contribution in [-0.4, -0.2) is 50.2 Å². The molecular formula is C22H28N2O4S4. The predicted molar refractivity (Wildman–Crippen MR) is 138 cm³/mol. The van der Waals surface area contributed by atoms with Gasteiger partial charge in [-0.3, -0.25) is 0 Å². The summed E-state index contributed by atoms with van der Waals surface area (Å²) in [6, 6.07) is 7.86. The number of rotatable bonds is 7. The van der Waals surface area contributed by atoms with Crippen molar-refractivity contribution in [3.63, 3.8) is 0 Å². The number of carbonyl (C=O) groups is 2. The maximum atomic E-state index is 11.9. The molecule has 0 bridgehead atoms. The summed E-state index contributed by atoms with van der Waals surface area (Å²) in [5.41, 5.74) is 4.09. The average Bonchev–Trinajstić information content (AvgIpc) is 2.70. The Labute approximate surface area is 205 Å². The fraction of sp³-hybridized carbons (Fsp3) is 0.364. The molecule has 0 unspecified atom stereocenters. The molecule has 32 heavy (non-hydrogen) atoms. The van der Waals surface area contributed by atoms with Crippen LogP contribution in [0.2, 0.25) is 0 Å². The summed E-state index contributed by atoms with van der Waals surface area (Å²) in [6.45, 7) is 7.94. The first kappa shape index (κ1) is 26.6. The Balaban J connectivity index is 2.03. The fourth-order valence-corrected chi connectivity index (χ4v) is 8.40. The van der Waals surface area contributed by atoms with Gasteiger partial charge in [0.1, 0.15) is 11.5 Å². The smallest absolute Gasteiger partial charge is 0.410 e. The highest BCUT2D eigenvalue weighted by molar-refractivity contribution is 9.26. The van der Waals surface area contributed by atoms with Gasteiger partial charge in [-0.05, 0) is 103 Å². The molecule has 0 saturated carbocycles. The molecule has 2 amide bonds. The molecule has 6 nitrogen and oxygen atoms in total. The minimum Gasteiger partial charge on any atom is -0.410 e. The van der Waals surface area contributed by atoms with Gasteiger partial charge < -0.3 is 19.3 Å². The van der Waals surface area contributed by atoms with E-state index in [9.17, 15) is 9.59 Å². The second-order valence-corrected chi connectivity index (χ2v) is 13.3. The molecule has 0 heterocycles. The van der Waals surface area contributed by atoms with Crippen LogP contribution in [-0.2, 0) is 0 Å². The summed E-state index contributed by atoms with van der Waals surface area (Å²) in [6.07, 6.45) is -0.794. The van der Waals surface area contributed by atoms with Crippen molar-refractivity contribution in [2.75, 3.05) is 28.2 Å². The van der Waals surface area contributed by atoms with Gasteiger partial charge in [-0.2, -0.15) is 0 Å². The lowest BCUT2D eigenvalue weighted by Crippen LogP contribution is -2.25. The standard InChI is InChI=1S/C22H28N2O4S4/c1-13-9-15(3)19(11-17(13)27-21(25)23(5)6)29-31-32-30-20-12-18(14(2)10-16(20)4)28-22(26)24(7)8/h9-12H,1-8H3. The van der Waals surface area contributed by atoms with E-state index >= 15 is 0 Å². The van der Waals surface area contributed by atoms with Gasteiger partial charge in [0.15, 0.2) is 0 Å². The van der Waals surface area contributed by atoms with Crippen molar-refractivity contribution in [2.24, 2.45) is 0 Å². The molecule has 2 aromatic rings. The van der Waals surface area contributed by atoms with Crippen molar-refractivity contribution in [1.29, 1.82) is 0 Å². The molecule has 10 heteroatoms. The number of nitrogens with zero attached hydrogens (tertiary/aromatic N) is 2. The van der Waals surface area contributed by atoms with E-state index < -0.39 is 12.2 Å². The Kier molecular flexibility index (Phi) is 10.00. The van der Waals surface area contributed by atoms with Crippen LogP contribution in [0.4, 0.5) is 9.59 Å². The maximum Gasteiger partial charge on any atom is 0.414 e. The summed E-state index contributed by atoms with van der Waals surface area (Å²) in [5.74, 6) is 1.13. The lowest BCUT2D eigenvalue weighted by molar-refractivity contribution is 0.170. The van der Waals surface area contributed by atoms with Crippen molar-refractivity contribution in [3.05, 3.63) is 46.5 Å². The number of benzene rings is 2. The first-order valence-corrected chi connectivity index (χ1v) is 14.5. The second-order valence-electron chi connectivity index (χ2n) is 7.59. The van der Waals surface area contributed by atoms with Gasteiger partial charge in [-0.1, -0.05) is 12.1 Å². The first-order chi connectivity index (χ1) is 15.0. The van der Waals surface area contributed by atoms with Gasteiger partial charge >= 0.3 is 12.2 Å². The normalized spacial score (nSPS) is 10.6. The van der Waals surface area contributed by atoms with Crippen LogP contribution in [0.1, 0.15) is 22.3 Å². The van der Waals surface area contributed by atoms with E-state index in [1.807, 2.05) is 52.0 Å². The molecule has 0 N–H and O–H groups in total. The Morgan fingerprint density at radius 1 is 0.625 bits per heavy atom. The quantitative estimate of drug-likeness (QED) is 0.287. The van der Waals surface area contributed by atoms with Crippen LogP contribution in [0.15, 0.2) is 34.1 Å². The summed E-state index contributed by atoms with van der Waals surface area (Å²) < 4.78 is 10.9. The van der Waals surface area contributed by atoms with E-state index in [2.05, 4.69) is 0 Å². The van der Waals surface area contributed by atoms with Crippen molar-refractivity contribution >= 4 is 53.4 Å². The number of hydrogen-bond acceptors (Lipinski definition) is 8. The molecular weight excluding hydrogens is 485 g/mol. The summed E-state index contributed by atoms with van der Waals surface area (Å²) in [4.78, 5) is 28.7. The highest BCUT2D eigenvalue weighted by Gasteiger charge is 2.14. The molecule has 0 aliphatic heterocycles. The van der Waals surface area contributed by atoms with Crippen LogP contribution in [0.3, 0.4) is 0 Å². The van der Waals surface area contributed by atoms with Crippen LogP contribution < -0.4 is 9.47 Å². The zero-order valence-electron chi connectivity index (χ0n) is 19.5. The molecule has 0 saturated heterocycles. The largest absolute Gasteiger partial charge is 0.414 e. The Morgan fingerprint density at radius 3 is 1.28 bits per heavy atom. The fourth-order valence-electron chi connectivity index (χ4n) is 2.50. The van der Waals surface area contributed by atoms with E-state index in [4.69, 9.17) is 9.47 Å². The number of hydrogen-bond donors (Lipinski definition) is 0. The Bertz CT molecular complexity index is 917. The molecule has 0 spiro atoms. The second kappa shape index (κ2) is 12.0. The van der Waals surface area contributed by atoms with E-state index in [0.29, 0.717) is 11.5 Å². The average molecular weight is 513 g/mol. The van der Waals surface area contributed by atoms with Crippen molar-refractivity contribution in [2.45, 2.75) is 37.5 Å². The third-order valence-electron chi connectivity index (χ3n) is 4.35. The van der Waals surface area contributed by atoms with E-state index in [-0.39, 0.29) is 0 Å². The third-order valence-corrected chi connectivity index (χ3v) is 10.7. The first-order valence-electron chi connectivity index (χ1n) is 9.68. The van der Waals surface area contributed by atoms with Gasteiger partial charge in [0.05, 0.1) is 0 Å². The Morgan fingerprint density at radius 2 is 0.969 bits per heavy atom. The number of aryl methyl sites for hydroxylation is 4. The van der Waals surface area contributed by atoms with Crippen molar-refractivity contribution in [3.8, 4) is 11.5 Å².